The van der Waals surface area contributed by atoms with Gasteiger partial charge in [0, 0.05) is 18.3 Å². The Bertz CT molecular complexity index is 530. The summed E-state index contributed by atoms with van der Waals surface area (Å²) in [6.07, 6.45) is 6.84. The molecule has 2 heterocycles. The minimum absolute atomic E-state index is 0. The van der Waals surface area contributed by atoms with Crippen molar-refractivity contribution in [3.63, 3.8) is 0 Å². The summed E-state index contributed by atoms with van der Waals surface area (Å²) < 4.78 is 0. The highest BCUT2D eigenvalue weighted by Crippen LogP contribution is 2.25. The number of halogens is 3. The van der Waals surface area contributed by atoms with Crippen molar-refractivity contribution in [3.05, 3.63) is 29.8 Å². The first-order valence-corrected chi connectivity index (χ1v) is 10.1. The molecule has 0 unspecified atom stereocenters. The van der Waals surface area contributed by atoms with Gasteiger partial charge in [-0.1, -0.05) is 12.1 Å². The van der Waals surface area contributed by atoms with E-state index in [0.29, 0.717) is 0 Å². The molecule has 0 saturated carbocycles. The molecular weight excluding hydrogens is 415 g/mol. The van der Waals surface area contributed by atoms with E-state index in [0.717, 1.165) is 24.2 Å². The molecule has 2 aliphatic rings. The van der Waals surface area contributed by atoms with Crippen molar-refractivity contribution in [2.45, 2.75) is 44.7 Å². The van der Waals surface area contributed by atoms with E-state index < -0.39 is 0 Å². The lowest BCUT2D eigenvalue weighted by Gasteiger charge is -2.41. The van der Waals surface area contributed by atoms with Gasteiger partial charge in [-0.3, -0.25) is 0 Å². The predicted molar refractivity (Wildman–Crippen MR) is 128 cm³/mol. The van der Waals surface area contributed by atoms with Crippen molar-refractivity contribution in [1.29, 1.82) is 0 Å². The normalized spacial score (nSPS) is 19.5. The number of hydrogen-bond acceptors (Lipinski definition) is 4. The molecule has 1 aromatic rings. The summed E-state index contributed by atoms with van der Waals surface area (Å²) in [5.41, 5.74) is 8.07. The number of likely N-dealkylation sites (tertiary alicyclic amines) is 2. The fourth-order valence-corrected chi connectivity index (χ4v) is 4.45. The van der Waals surface area contributed by atoms with E-state index in [9.17, 15) is 0 Å². The second-order valence-electron chi connectivity index (χ2n) is 8.29. The molecule has 28 heavy (non-hydrogen) atoms. The molecule has 164 valence electrons. The maximum absolute atomic E-state index is 5.88. The molecule has 4 nitrogen and oxygen atoms in total. The fourth-order valence-electron chi connectivity index (χ4n) is 4.45. The average Bonchev–Trinajstić information content (AvgIpc) is 2.61. The van der Waals surface area contributed by atoms with Gasteiger partial charge in [0.1, 0.15) is 0 Å². The molecule has 7 heteroatoms. The summed E-state index contributed by atoms with van der Waals surface area (Å²) in [6.45, 7) is 7.38. The van der Waals surface area contributed by atoms with E-state index in [1.165, 1.54) is 70.4 Å². The highest BCUT2D eigenvalue weighted by atomic mass is 35.5. The molecule has 1 aromatic carbocycles. The number of nitrogens with zero attached hydrogens (tertiary/aromatic N) is 3. The van der Waals surface area contributed by atoms with Crippen LogP contribution < -0.4 is 5.73 Å². The molecule has 0 atom stereocenters. The smallest absolute Gasteiger partial charge is 0.0317 e. The van der Waals surface area contributed by atoms with Crippen molar-refractivity contribution in [2.24, 2.45) is 5.92 Å². The van der Waals surface area contributed by atoms with Crippen LogP contribution in [0.5, 0.6) is 0 Å². The largest absolute Gasteiger partial charge is 0.399 e. The van der Waals surface area contributed by atoms with Gasteiger partial charge in [-0.15, -0.1) is 37.2 Å². The van der Waals surface area contributed by atoms with Gasteiger partial charge in [-0.2, -0.15) is 0 Å². The van der Waals surface area contributed by atoms with E-state index in [4.69, 9.17) is 5.73 Å². The molecule has 0 spiro atoms. The van der Waals surface area contributed by atoms with Gasteiger partial charge in [0.2, 0.25) is 0 Å². The molecule has 2 fully saturated rings. The van der Waals surface area contributed by atoms with Crippen LogP contribution >= 0.6 is 37.2 Å². The Balaban J connectivity index is 0.00000243. The first-order valence-electron chi connectivity index (χ1n) is 10.1. The number of rotatable bonds is 6. The highest BCUT2D eigenvalue weighted by molar-refractivity contribution is 5.86. The van der Waals surface area contributed by atoms with E-state index in [1.807, 2.05) is 6.07 Å². The van der Waals surface area contributed by atoms with E-state index in [1.54, 1.807) is 0 Å². The summed E-state index contributed by atoms with van der Waals surface area (Å²) in [5, 5.41) is 0. The highest BCUT2D eigenvalue weighted by Gasteiger charge is 2.27. The quantitative estimate of drug-likeness (QED) is 0.656. The van der Waals surface area contributed by atoms with Crippen LogP contribution in [0, 0.1) is 5.92 Å². The predicted octanol–water partition coefficient (Wildman–Crippen LogP) is 4.16. The average molecular weight is 454 g/mol. The number of benzene rings is 1. The summed E-state index contributed by atoms with van der Waals surface area (Å²) >= 11 is 0. The van der Waals surface area contributed by atoms with Gasteiger partial charge < -0.3 is 20.4 Å². The van der Waals surface area contributed by atoms with E-state index >= 15 is 0 Å². The lowest BCUT2D eigenvalue weighted by molar-refractivity contribution is 0.0815. The summed E-state index contributed by atoms with van der Waals surface area (Å²) in [6, 6.07) is 9.13. The van der Waals surface area contributed by atoms with Crippen molar-refractivity contribution in [1.82, 2.24) is 14.7 Å². The van der Waals surface area contributed by atoms with Crippen LogP contribution in [0.4, 0.5) is 5.69 Å². The standard InChI is InChI=1S/C21H36N4.3ClH/c1-23-12-9-21(10-13-23)25-14-7-18(8-15-25)6-11-24(2)17-19-4-3-5-20(22)16-19;;;/h3-5,16,18,21H,6-15,17,22H2,1-2H3;3*1H. The minimum atomic E-state index is 0. The zero-order valence-corrected chi connectivity index (χ0v) is 19.8. The Kier molecular flexibility index (Phi) is 13.8. The molecule has 3 rings (SSSR count). The maximum Gasteiger partial charge on any atom is 0.0317 e. The number of hydrogen-bond donors (Lipinski definition) is 1. The number of piperidine rings is 2. The Morgan fingerprint density at radius 2 is 1.64 bits per heavy atom. The monoisotopic (exact) mass is 452 g/mol. The maximum atomic E-state index is 5.88. The van der Waals surface area contributed by atoms with Crippen LogP contribution in [-0.2, 0) is 6.54 Å². The Morgan fingerprint density at radius 1 is 1.00 bits per heavy atom. The van der Waals surface area contributed by atoms with Crippen LogP contribution in [0.15, 0.2) is 24.3 Å². The van der Waals surface area contributed by atoms with Crippen LogP contribution in [0.25, 0.3) is 0 Å². The molecule has 2 N–H and O–H groups in total. The van der Waals surface area contributed by atoms with E-state index in [-0.39, 0.29) is 37.2 Å². The lowest BCUT2D eigenvalue weighted by Crippen LogP contribution is -2.47. The first kappa shape index (κ1) is 27.8. The second kappa shape index (κ2) is 13.9. The number of anilines is 1. The Labute approximate surface area is 190 Å². The second-order valence-corrected chi connectivity index (χ2v) is 8.29. The van der Waals surface area contributed by atoms with Gasteiger partial charge in [-0.05, 0) is 103 Å². The topological polar surface area (TPSA) is 35.7 Å². The van der Waals surface area contributed by atoms with Crippen molar-refractivity contribution < 1.29 is 0 Å². The molecule has 2 saturated heterocycles. The molecule has 0 aliphatic carbocycles. The SMILES string of the molecule is CN1CCC(N2CCC(CCN(C)Cc3cccc(N)c3)CC2)CC1.Cl.Cl.Cl. The van der Waals surface area contributed by atoms with Crippen LogP contribution in [0.2, 0.25) is 0 Å². The minimum Gasteiger partial charge on any atom is -0.399 e. The Hall–Kier alpha value is -0.230. The molecule has 0 bridgehead atoms. The third-order valence-electron chi connectivity index (χ3n) is 6.18. The van der Waals surface area contributed by atoms with E-state index in [2.05, 4.69) is 47.0 Å². The zero-order chi connectivity index (χ0) is 17.6. The number of nitrogen functional groups attached to an aromatic ring is 1. The fraction of sp³-hybridized carbons (Fsp3) is 0.714. The molecule has 0 amide bonds. The summed E-state index contributed by atoms with van der Waals surface area (Å²) in [4.78, 5) is 7.69. The molecule has 0 aromatic heterocycles. The molecular formula is C21H39Cl3N4. The third kappa shape index (κ3) is 8.64. The third-order valence-corrected chi connectivity index (χ3v) is 6.18. The van der Waals surface area contributed by atoms with Gasteiger partial charge >= 0.3 is 0 Å². The summed E-state index contributed by atoms with van der Waals surface area (Å²) in [5.74, 6) is 0.908. The van der Waals surface area contributed by atoms with Crippen LogP contribution in [0.1, 0.15) is 37.7 Å². The van der Waals surface area contributed by atoms with Gasteiger partial charge in [0.15, 0.2) is 0 Å². The van der Waals surface area contributed by atoms with Gasteiger partial charge in [-0.25, -0.2) is 0 Å². The van der Waals surface area contributed by atoms with Crippen LogP contribution in [0.3, 0.4) is 0 Å². The lowest BCUT2D eigenvalue weighted by atomic mass is 9.91. The van der Waals surface area contributed by atoms with Crippen molar-refractivity contribution in [3.8, 4) is 0 Å². The van der Waals surface area contributed by atoms with Crippen LogP contribution in [-0.4, -0.2) is 67.6 Å². The first-order chi connectivity index (χ1) is 12.1. The van der Waals surface area contributed by atoms with Gasteiger partial charge in [0.25, 0.3) is 0 Å². The Morgan fingerprint density at radius 3 is 2.25 bits per heavy atom. The summed E-state index contributed by atoms with van der Waals surface area (Å²) in [7, 11) is 4.49. The van der Waals surface area contributed by atoms with Crippen molar-refractivity contribution in [2.75, 3.05) is 52.6 Å². The molecule has 0 radical (unpaired) electrons. The molecule has 2 aliphatic heterocycles. The van der Waals surface area contributed by atoms with Crippen molar-refractivity contribution >= 4 is 42.9 Å². The number of nitrogens with two attached hydrogens (primary N) is 1. The van der Waals surface area contributed by atoms with Gasteiger partial charge in [0.05, 0.1) is 0 Å². The zero-order valence-electron chi connectivity index (χ0n) is 17.4.